The Balaban J connectivity index is 1.76. The van der Waals surface area contributed by atoms with E-state index in [-0.39, 0.29) is 24.7 Å². The molecule has 6 nitrogen and oxygen atoms in total. The maximum absolute atomic E-state index is 12.0. The van der Waals surface area contributed by atoms with E-state index in [9.17, 15) is 9.59 Å². The lowest BCUT2D eigenvalue weighted by Gasteiger charge is -2.09. The first-order chi connectivity index (χ1) is 13.1. The number of hydrogen-bond acceptors (Lipinski definition) is 4. The van der Waals surface area contributed by atoms with Crippen molar-refractivity contribution in [3.63, 3.8) is 0 Å². The molecule has 140 valence electrons. The number of nitrogens with zero attached hydrogens (tertiary/aromatic N) is 1. The standard InChI is InChI=1S/C21H23N3O3/c1-16(12-13-17-8-4-3-5-9-17)23-24-21(26)15-14-20(25)22-18-10-6-7-11-19(18)27-2/h3-13H,14-15H2,1-2H3,(H,22,25)(H,24,26). The largest absolute Gasteiger partial charge is 0.495 e. The topological polar surface area (TPSA) is 79.8 Å². The van der Waals surface area contributed by atoms with Crippen molar-refractivity contribution >= 4 is 29.3 Å². The van der Waals surface area contributed by atoms with Crippen LogP contribution < -0.4 is 15.5 Å². The van der Waals surface area contributed by atoms with Gasteiger partial charge in [0, 0.05) is 12.8 Å². The van der Waals surface area contributed by atoms with E-state index in [1.165, 1.54) is 7.11 Å². The van der Waals surface area contributed by atoms with E-state index >= 15 is 0 Å². The second-order valence-corrected chi connectivity index (χ2v) is 5.78. The molecule has 0 aliphatic carbocycles. The van der Waals surface area contributed by atoms with E-state index in [1.54, 1.807) is 25.1 Å². The third-order valence-electron chi connectivity index (χ3n) is 3.63. The molecule has 0 aliphatic rings. The molecule has 27 heavy (non-hydrogen) atoms. The molecule has 0 fully saturated rings. The number of amides is 2. The van der Waals surface area contributed by atoms with Gasteiger partial charge in [-0.15, -0.1) is 0 Å². The van der Waals surface area contributed by atoms with Crippen LogP contribution in [-0.4, -0.2) is 24.6 Å². The molecule has 2 amide bonds. The van der Waals surface area contributed by atoms with Gasteiger partial charge in [-0.3, -0.25) is 9.59 Å². The molecule has 0 aliphatic heterocycles. The van der Waals surface area contributed by atoms with Gasteiger partial charge in [0.05, 0.1) is 18.5 Å². The second kappa shape index (κ2) is 10.6. The molecule has 2 aromatic rings. The minimum Gasteiger partial charge on any atom is -0.495 e. The van der Waals surface area contributed by atoms with E-state index < -0.39 is 0 Å². The first kappa shape index (κ1) is 19.9. The number of allylic oxidation sites excluding steroid dienone is 1. The summed E-state index contributed by atoms with van der Waals surface area (Å²) < 4.78 is 5.17. The van der Waals surface area contributed by atoms with Crippen LogP contribution in [0.5, 0.6) is 5.75 Å². The van der Waals surface area contributed by atoms with Gasteiger partial charge in [0.15, 0.2) is 0 Å². The summed E-state index contributed by atoms with van der Waals surface area (Å²) in [7, 11) is 1.53. The van der Waals surface area contributed by atoms with E-state index in [1.807, 2.05) is 48.6 Å². The number of carbonyl (C=O) groups is 2. The Morgan fingerprint density at radius 3 is 2.41 bits per heavy atom. The quantitative estimate of drug-likeness (QED) is 0.554. The predicted octanol–water partition coefficient (Wildman–Crippen LogP) is 3.62. The summed E-state index contributed by atoms with van der Waals surface area (Å²) in [5.41, 5.74) is 4.73. The highest BCUT2D eigenvalue weighted by Crippen LogP contribution is 2.23. The van der Waals surface area contributed by atoms with E-state index in [0.717, 1.165) is 5.56 Å². The van der Waals surface area contributed by atoms with Crippen LogP contribution >= 0.6 is 0 Å². The van der Waals surface area contributed by atoms with Crippen LogP contribution in [0.15, 0.2) is 65.8 Å². The number of para-hydroxylation sites is 2. The van der Waals surface area contributed by atoms with Gasteiger partial charge in [0.2, 0.25) is 11.8 Å². The van der Waals surface area contributed by atoms with Crippen molar-refractivity contribution in [2.75, 3.05) is 12.4 Å². The highest BCUT2D eigenvalue weighted by atomic mass is 16.5. The zero-order valence-electron chi connectivity index (χ0n) is 15.4. The van der Waals surface area contributed by atoms with E-state index in [2.05, 4.69) is 15.8 Å². The molecule has 6 heteroatoms. The van der Waals surface area contributed by atoms with Gasteiger partial charge in [-0.25, -0.2) is 5.43 Å². The zero-order chi connectivity index (χ0) is 19.5. The van der Waals surface area contributed by atoms with Gasteiger partial charge in [0.1, 0.15) is 5.75 Å². The van der Waals surface area contributed by atoms with Crippen LogP contribution in [0.3, 0.4) is 0 Å². The Morgan fingerprint density at radius 2 is 1.67 bits per heavy atom. The van der Waals surface area contributed by atoms with Crippen LogP contribution in [0.4, 0.5) is 5.69 Å². The molecular formula is C21H23N3O3. The third kappa shape index (κ3) is 7.15. The fourth-order valence-corrected chi connectivity index (χ4v) is 2.21. The monoisotopic (exact) mass is 365 g/mol. The zero-order valence-corrected chi connectivity index (χ0v) is 15.4. The number of methoxy groups -OCH3 is 1. The van der Waals surface area contributed by atoms with Gasteiger partial charge in [-0.1, -0.05) is 48.5 Å². The minimum absolute atomic E-state index is 0.0418. The Bertz CT molecular complexity index is 830. The summed E-state index contributed by atoms with van der Waals surface area (Å²) in [6.07, 6.45) is 3.81. The summed E-state index contributed by atoms with van der Waals surface area (Å²) in [5.74, 6) is -0.0160. The number of ether oxygens (including phenoxy) is 1. The molecule has 0 saturated heterocycles. The number of carbonyl (C=O) groups excluding carboxylic acids is 2. The highest BCUT2D eigenvalue weighted by molar-refractivity contribution is 5.97. The molecule has 0 aromatic heterocycles. The van der Waals surface area contributed by atoms with Gasteiger partial charge < -0.3 is 10.1 Å². The fraction of sp³-hybridized carbons (Fsp3) is 0.190. The maximum Gasteiger partial charge on any atom is 0.240 e. The van der Waals surface area contributed by atoms with Crippen molar-refractivity contribution in [3.05, 3.63) is 66.2 Å². The van der Waals surface area contributed by atoms with Crippen LogP contribution in [0.1, 0.15) is 25.3 Å². The minimum atomic E-state index is -0.322. The normalized spacial score (nSPS) is 11.3. The lowest BCUT2D eigenvalue weighted by Crippen LogP contribution is -2.21. The van der Waals surface area contributed by atoms with Crippen molar-refractivity contribution in [2.45, 2.75) is 19.8 Å². The van der Waals surface area contributed by atoms with Gasteiger partial charge >= 0.3 is 0 Å². The lowest BCUT2D eigenvalue weighted by molar-refractivity contribution is -0.124. The van der Waals surface area contributed by atoms with Gasteiger partial charge in [-0.05, 0) is 30.7 Å². The molecule has 0 saturated carbocycles. The lowest BCUT2D eigenvalue weighted by atomic mass is 10.2. The first-order valence-corrected chi connectivity index (χ1v) is 8.57. The molecule has 2 rings (SSSR count). The molecule has 2 aromatic carbocycles. The average molecular weight is 365 g/mol. The predicted molar refractivity (Wildman–Crippen MR) is 108 cm³/mol. The summed E-state index contributed by atoms with van der Waals surface area (Å²) >= 11 is 0. The number of anilines is 1. The molecule has 0 spiro atoms. The van der Waals surface area contributed by atoms with Crippen LogP contribution in [-0.2, 0) is 9.59 Å². The van der Waals surface area contributed by atoms with E-state index in [0.29, 0.717) is 17.1 Å². The second-order valence-electron chi connectivity index (χ2n) is 5.78. The maximum atomic E-state index is 12.0. The Morgan fingerprint density at radius 1 is 1.00 bits per heavy atom. The van der Waals surface area contributed by atoms with Gasteiger partial charge in [-0.2, -0.15) is 5.10 Å². The highest BCUT2D eigenvalue weighted by Gasteiger charge is 2.09. The number of hydrazone groups is 1. The molecule has 0 atom stereocenters. The summed E-state index contributed by atoms with van der Waals surface area (Å²) in [6, 6.07) is 16.9. The smallest absolute Gasteiger partial charge is 0.240 e. The van der Waals surface area contributed by atoms with Gasteiger partial charge in [0.25, 0.3) is 0 Å². The SMILES string of the molecule is COc1ccccc1NC(=O)CCC(=O)NN=C(C)C=Cc1ccccc1. The van der Waals surface area contributed by atoms with Crippen LogP contribution in [0.25, 0.3) is 6.08 Å². The molecular weight excluding hydrogens is 342 g/mol. The Hall–Kier alpha value is -3.41. The summed E-state index contributed by atoms with van der Waals surface area (Å²) in [5, 5.41) is 6.74. The number of rotatable bonds is 8. The Labute approximate surface area is 158 Å². The number of nitrogens with one attached hydrogen (secondary N) is 2. The van der Waals surface area contributed by atoms with Crippen molar-refractivity contribution in [2.24, 2.45) is 5.10 Å². The number of hydrogen-bond donors (Lipinski definition) is 2. The molecule has 0 heterocycles. The Kier molecular flexibility index (Phi) is 7.78. The molecule has 0 radical (unpaired) electrons. The van der Waals surface area contributed by atoms with Crippen molar-refractivity contribution < 1.29 is 14.3 Å². The molecule has 0 bridgehead atoms. The van der Waals surface area contributed by atoms with Crippen LogP contribution in [0.2, 0.25) is 0 Å². The fourth-order valence-electron chi connectivity index (χ4n) is 2.21. The van der Waals surface area contributed by atoms with Crippen molar-refractivity contribution in [3.8, 4) is 5.75 Å². The van der Waals surface area contributed by atoms with Crippen LogP contribution in [0, 0.1) is 0 Å². The molecule has 0 unspecified atom stereocenters. The summed E-state index contributed by atoms with van der Waals surface area (Å²) in [6.45, 7) is 1.79. The van der Waals surface area contributed by atoms with E-state index in [4.69, 9.17) is 4.74 Å². The molecule has 2 N–H and O–H groups in total. The first-order valence-electron chi connectivity index (χ1n) is 8.57. The summed E-state index contributed by atoms with van der Waals surface area (Å²) in [4.78, 5) is 23.8. The average Bonchev–Trinajstić information content (AvgIpc) is 2.70. The van der Waals surface area contributed by atoms with Crippen molar-refractivity contribution in [1.82, 2.24) is 5.43 Å². The third-order valence-corrected chi connectivity index (χ3v) is 3.63. The number of benzene rings is 2. The van der Waals surface area contributed by atoms with Crippen molar-refractivity contribution in [1.29, 1.82) is 0 Å².